The van der Waals surface area contributed by atoms with Gasteiger partial charge in [-0.2, -0.15) is 0 Å². The van der Waals surface area contributed by atoms with Crippen LogP contribution in [0.4, 0.5) is 0 Å². The van der Waals surface area contributed by atoms with E-state index < -0.39 is 0 Å². The largest absolute Gasteiger partial charge is 0.350 e. The van der Waals surface area contributed by atoms with Crippen LogP contribution in [0.1, 0.15) is 32.1 Å². The van der Waals surface area contributed by atoms with E-state index >= 15 is 0 Å². The molecule has 2 unspecified atom stereocenters. The van der Waals surface area contributed by atoms with Crippen LogP contribution in [0.2, 0.25) is 0 Å². The Morgan fingerprint density at radius 2 is 2.00 bits per heavy atom. The third-order valence-corrected chi connectivity index (χ3v) is 5.00. The van der Waals surface area contributed by atoms with Gasteiger partial charge in [0.15, 0.2) is 5.96 Å². The molecule has 4 heteroatoms. The van der Waals surface area contributed by atoms with E-state index in [-0.39, 0.29) is 11.4 Å². The molecule has 5 aliphatic rings. The van der Waals surface area contributed by atoms with Crippen LogP contribution in [-0.4, -0.2) is 24.0 Å². The van der Waals surface area contributed by atoms with E-state index in [1.165, 1.54) is 32.1 Å². The third-order valence-electron chi connectivity index (χ3n) is 5.00. The fourth-order valence-electron chi connectivity index (χ4n) is 4.67. The summed E-state index contributed by atoms with van der Waals surface area (Å²) in [4.78, 5) is 15.3. The average molecular weight is 219 g/mol. The number of rotatable bonds is 1. The Morgan fingerprint density at radius 3 is 2.62 bits per heavy atom. The Labute approximate surface area is 94.9 Å². The lowest BCUT2D eigenvalue weighted by Gasteiger charge is -2.34. The highest BCUT2D eigenvalue weighted by Gasteiger charge is 2.58. The van der Waals surface area contributed by atoms with Crippen molar-refractivity contribution in [1.29, 1.82) is 0 Å². The van der Waals surface area contributed by atoms with Gasteiger partial charge in [0.25, 0.3) is 0 Å². The number of nitrogens with one attached hydrogen (secondary N) is 2. The molecule has 4 fully saturated rings. The molecule has 4 nitrogen and oxygen atoms in total. The van der Waals surface area contributed by atoms with Crippen LogP contribution in [-0.2, 0) is 4.79 Å². The quantitative estimate of drug-likeness (QED) is 0.680. The fraction of sp³-hybridized carbons (Fsp3) is 0.833. The van der Waals surface area contributed by atoms with Crippen LogP contribution in [0.25, 0.3) is 0 Å². The minimum absolute atomic E-state index is 0.0246. The molecular weight excluding hydrogens is 202 g/mol. The summed E-state index contributed by atoms with van der Waals surface area (Å²) in [6, 6.07) is 0. The Balaban J connectivity index is 1.57. The monoisotopic (exact) mass is 219 g/mol. The van der Waals surface area contributed by atoms with Crippen molar-refractivity contribution in [2.45, 2.75) is 37.6 Å². The van der Waals surface area contributed by atoms with Crippen LogP contribution in [0.5, 0.6) is 0 Å². The van der Waals surface area contributed by atoms with E-state index in [9.17, 15) is 4.79 Å². The highest BCUT2D eigenvalue weighted by Crippen LogP contribution is 2.60. The highest BCUT2D eigenvalue weighted by molar-refractivity contribution is 6.03. The molecule has 16 heavy (non-hydrogen) atoms. The molecule has 4 bridgehead atoms. The van der Waals surface area contributed by atoms with E-state index in [1.54, 1.807) is 0 Å². The first kappa shape index (κ1) is 9.02. The summed E-state index contributed by atoms with van der Waals surface area (Å²) in [5.74, 6) is 3.46. The van der Waals surface area contributed by atoms with Crippen molar-refractivity contribution < 1.29 is 4.79 Å². The first-order chi connectivity index (χ1) is 7.73. The van der Waals surface area contributed by atoms with Gasteiger partial charge in [0.05, 0.1) is 0 Å². The normalized spacial score (nSPS) is 48.4. The zero-order valence-electron chi connectivity index (χ0n) is 9.33. The highest BCUT2D eigenvalue weighted by atomic mass is 16.2. The molecule has 86 valence electrons. The molecule has 0 aromatic heterocycles. The zero-order chi connectivity index (χ0) is 10.8. The summed E-state index contributed by atoms with van der Waals surface area (Å²) in [7, 11) is 0. The van der Waals surface area contributed by atoms with Crippen molar-refractivity contribution in [3.63, 3.8) is 0 Å². The van der Waals surface area contributed by atoms with Gasteiger partial charge in [-0.1, -0.05) is 0 Å². The predicted molar refractivity (Wildman–Crippen MR) is 59.9 cm³/mol. The smallest absolute Gasteiger partial charge is 0.248 e. The molecule has 4 aliphatic carbocycles. The van der Waals surface area contributed by atoms with Gasteiger partial charge in [0, 0.05) is 5.54 Å². The molecule has 0 saturated heterocycles. The van der Waals surface area contributed by atoms with Gasteiger partial charge >= 0.3 is 0 Å². The molecular formula is C12H17N3O. The zero-order valence-corrected chi connectivity index (χ0v) is 9.33. The number of nitrogens with zero attached hydrogens (tertiary/aromatic N) is 1. The lowest BCUT2D eigenvalue weighted by atomic mass is 9.80. The number of carbonyl (C=O) groups excluding carboxylic acids is 1. The van der Waals surface area contributed by atoms with Crippen LogP contribution in [0.15, 0.2) is 4.99 Å². The van der Waals surface area contributed by atoms with Crippen molar-refractivity contribution in [2.24, 2.45) is 22.7 Å². The standard InChI is InChI=1S/C12H17N3O/c16-10-6-13-11(14-10)15-12-4-7-1-8(5-12)3-9(12)2-7/h7-9H,1-6H2,(H2,13,14,15,16). The number of guanidine groups is 1. The summed E-state index contributed by atoms with van der Waals surface area (Å²) < 4.78 is 0. The molecule has 0 aromatic carbocycles. The van der Waals surface area contributed by atoms with Crippen LogP contribution in [0.3, 0.4) is 0 Å². The topological polar surface area (TPSA) is 53.5 Å². The second-order valence-electron chi connectivity index (χ2n) is 6.04. The molecule has 4 saturated carbocycles. The average Bonchev–Trinajstić information content (AvgIpc) is 2.78. The molecule has 1 heterocycles. The predicted octanol–water partition coefficient (Wildman–Crippen LogP) is 0.640. The van der Waals surface area contributed by atoms with Gasteiger partial charge in [-0.25, -0.2) is 4.99 Å². The number of hydrogen-bond acceptors (Lipinski definition) is 3. The fourth-order valence-corrected chi connectivity index (χ4v) is 4.67. The third kappa shape index (κ3) is 1.10. The molecule has 1 aliphatic heterocycles. The van der Waals surface area contributed by atoms with Crippen molar-refractivity contribution in [3.05, 3.63) is 0 Å². The maximum atomic E-state index is 11.1. The first-order valence-corrected chi connectivity index (χ1v) is 6.36. The maximum Gasteiger partial charge on any atom is 0.248 e. The molecule has 0 spiro atoms. The number of carbonyl (C=O) groups is 1. The second-order valence-corrected chi connectivity index (χ2v) is 6.04. The minimum atomic E-state index is 0.0246. The molecule has 0 aromatic rings. The van der Waals surface area contributed by atoms with E-state index in [4.69, 9.17) is 0 Å². The summed E-state index contributed by atoms with van der Waals surface area (Å²) in [6.07, 6.45) is 6.82. The minimum Gasteiger partial charge on any atom is -0.350 e. The summed E-state index contributed by atoms with van der Waals surface area (Å²) in [5.41, 5.74) is 0.282. The number of aliphatic imine (C=N–C) groups is 1. The van der Waals surface area contributed by atoms with Crippen molar-refractivity contribution in [3.8, 4) is 0 Å². The lowest BCUT2D eigenvalue weighted by molar-refractivity contribution is -0.117. The molecule has 2 N–H and O–H groups in total. The van der Waals surface area contributed by atoms with Gasteiger partial charge in [0.1, 0.15) is 6.54 Å². The second kappa shape index (κ2) is 2.79. The molecule has 0 radical (unpaired) electrons. The Kier molecular flexibility index (Phi) is 1.57. The van der Waals surface area contributed by atoms with Crippen LogP contribution >= 0.6 is 0 Å². The summed E-state index contributed by atoms with van der Waals surface area (Å²) in [6.45, 7) is 0.302. The van der Waals surface area contributed by atoms with Gasteiger partial charge in [-0.15, -0.1) is 0 Å². The van der Waals surface area contributed by atoms with Crippen molar-refractivity contribution in [2.75, 3.05) is 6.54 Å². The maximum absolute atomic E-state index is 11.1. The van der Waals surface area contributed by atoms with E-state index in [1.807, 2.05) is 0 Å². The Hall–Kier alpha value is -1.06. The molecule has 2 atom stereocenters. The Bertz CT molecular complexity index is 376. The first-order valence-electron chi connectivity index (χ1n) is 6.36. The molecule has 1 amide bonds. The SMILES string of the molecule is O=C1CN=C(NC23CC4CC(CC2C4)C3)N1. The van der Waals surface area contributed by atoms with E-state index in [0.717, 1.165) is 23.7 Å². The van der Waals surface area contributed by atoms with Crippen molar-refractivity contribution >= 4 is 11.9 Å². The number of amides is 1. The lowest BCUT2D eigenvalue weighted by Crippen LogP contribution is -2.53. The van der Waals surface area contributed by atoms with E-state index in [0.29, 0.717) is 6.54 Å². The van der Waals surface area contributed by atoms with Gasteiger partial charge in [-0.3, -0.25) is 10.1 Å². The van der Waals surface area contributed by atoms with Gasteiger partial charge in [-0.05, 0) is 49.9 Å². The Morgan fingerprint density at radius 1 is 1.25 bits per heavy atom. The summed E-state index contributed by atoms with van der Waals surface area (Å²) >= 11 is 0. The number of hydrogen-bond donors (Lipinski definition) is 2. The van der Waals surface area contributed by atoms with Crippen LogP contribution < -0.4 is 10.6 Å². The van der Waals surface area contributed by atoms with Gasteiger partial charge < -0.3 is 5.32 Å². The summed E-state index contributed by atoms with van der Waals surface area (Å²) in [5, 5.41) is 6.38. The van der Waals surface area contributed by atoms with Crippen LogP contribution in [0, 0.1) is 17.8 Å². The molecule has 5 rings (SSSR count). The van der Waals surface area contributed by atoms with E-state index in [2.05, 4.69) is 15.6 Å². The van der Waals surface area contributed by atoms with Crippen molar-refractivity contribution in [1.82, 2.24) is 10.6 Å². The van der Waals surface area contributed by atoms with Gasteiger partial charge in [0.2, 0.25) is 5.91 Å².